The normalized spacial score (nSPS) is 15.9. The number of carbonyl (C=O) groups is 2. The van der Waals surface area contributed by atoms with E-state index in [1.165, 1.54) is 18.2 Å². The van der Waals surface area contributed by atoms with Crippen molar-refractivity contribution in [3.05, 3.63) is 83.7 Å². The average molecular weight is 416 g/mol. The van der Waals surface area contributed by atoms with Gasteiger partial charge in [-0.05, 0) is 42.5 Å². The van der Waals surface area contributed by atoms with E-state index in [9.17, 15) is 19.1 Å². The quantitative estimate of drug-likeness (QED) is 0.545. The summed E-state index contributed by atoms with van der Waals surface area (Å²) >= 11 is 0. The predicted octanol–water partition coefficient (Wildman–Crippen LogP) is 3.92. The number of rotatable bonds is 3. The molecule has 0 radical (unpaired) electrons. The molecule has 0 saturated heterocycles. The van der Waals surface area contributed by atoms with Crippen LogP contribution in [0.1, 0.15) is 32.5 Å². The molecule has 1 unspecified atom stereocenters. The van der Waals surface area contributed by atoms with Crippen molar-refractivity contribution in [1.29, 1.82) is 0 Å². The van der Waals surface area contributed by atoms with Crippen LogP contribution in [0.25, 0.3) is 11.0 Å². The Morgan fingerprint density at radius 2 is 1.94 bits per heavy atom. The van der Waals surface area contributed by atoms with Gasteiger partial charge in [-0.2, -0.15) is 0 Å². The molecule has 1 atom stereocenters. The number of nitrogens with zero attached hydrogens (tertiary/aromatic N) is 4. The third kappa shape index (κ3) is 2.95. The number of pyridine rings is 1. The monoisotopic (exact) mass is 416 g/mol. The number of Topliss-reactive ketones (excluding diaryl/α,β-unsaturated/α-hetero) is 1. The van der Waals surface area contributed by atoms with Crippen molar-refractivity contribution < 1.29 is 19.1 Å². The van der Waals surface area contributed by atoms with Gasteiger partial charge >= 0.3 is 5.97 Å². The highest BCUT2D eigenvalue weighted by atomic mass is 19.1. The first-order chi connectivity index (χ1) is 15.0. The van der Waals surface area contributed by atoms with Crippen molar-refractivity contribution in [1.82, 2.24) is 14.5 Å². The number of anilines is 2. The van der Waals surface area contributed by atoms with E-state index in [1.807, 2.05) is 22.6 Å². The van der Waals surface area contributed by atoms with Gasteiger partial charge in [0.25, 0.3) is 0 Å². The Morgan fingerprint density at radius 1 is 1.16 bits per heavy atom. The number of carboxylic acids is 1. The number of halogens is 1. The standard InChI is InChI=1S/C23H17FN4O3/c1-27-18-9-10-25-11-17(18)26-22(27)16-12-28(14-7-5-13(24)6-8-14)19-4-2-3-15(23(30)31)20(19)21(16)29/h2-11,16H,12H2,1H3,(H,30,31). The van der Waals surface area contributed by atoms with Crippen LogP contribution >= 0.6 is 0 Å². The Hall–Kier alpha value is -4.07. The molecule has 0 fully saturated rings. The van der Waals surface area contributed by atoms with Gasteiger partial charge in [0.2, 0.25) is 0 Å². The van der Waals surface area contributed by atoms with E-state index in [0.717, 1.165) is 5.52 Å². The van der Waals surface area contributed by atoms with E-state index < -0.39 is 11.9 Å². The molecule has 1 N–H and O–H groups in total. The fourth-order valence-electron chi connectivity index (χ4n) is 4.19. The van der Waals surface area contributed by atoms with Gasteiger partial charge in [-0.1, -0.05) is 6.07 Å². The number of ketones is 1. The van der Waals surface area contributed by atoms with Gasteiger partial charge in [0.15, 0.2) is 5.78 Å². The highest BCUT2D eigenvalue weighted by Gasteiger charge is 2.38. The van der Waals surface area contributed by atoms with Crippen LogP contribution < -0.4 is 4.90 Å². The zero-order valence-electron chi connectivity index (χ0n) is 16.5. The summed E-state index contributed by atoms with van der Waals surface area (Å²) in [5.74, 6) is -2.06. The fourth-order valence-corrected chi connectivity index (χ4v) is 4.19. The van der Waals surface area contributed by atoms with Crippen LogP contribution in [-0.4, -0.2) is 37.9 Å². The molecular weight excluding hydrogens is 399 g/mol. The van der Waals surface area contributed by atoms with Gasteiger partial charge in [0.05, 0.1) is 34.4 Å². The molecule has 4 aromatic rings. The zero-order chi connectivity index (χ0) is 21.7. The molecule has 0 spiro atoms. The third-order valence-electron chi connectivity index (χ3n) is 5.66. The molecule has 2 aromatic carbocycles. The van der Waals surface area contributed by atoms with Crippen molar-refractivity contribution in [2.24, 2.45) is 7.05 Å². The summed E-state index contributed by atoms with van der Waals surface area (Å²) in [5.41, 5.74) is 2.67. The highest BCUT2D eigenvalue weighted by Crippen LogP contribution is 2.40. The van der Waals surface area contributed by atoms with Crippen LogP contribution in [0.3, 0.4) is 0 Å². The Balaban J connectivity index is 1.73. The van der Waals surface area contributed by atoms with Gasteiger partial charge in [-0.25, -0.2) is 14.2 Å². The second-order valence-corrected chi connectivity index (χ2v) is 7.40. The predicted molar refractivity (Wildman–Crippen MR) is 112 cm³/mol. The molecule has 7 nitrogen and oxygen atoms in total. The SMILES string of the molecule is Cn1c(C2CN(c3ccc(F)cc3)c3cccc(C(=O)O)c3C2=O)nc2cnccc21. The molecule has 0 bridgehead atoms. The van der Waals surface area contributed by atoms with Crippen molar-refractivity contribution >= 4 is 34.2 Å². The van der Waals surface area contributed by atoms with E-state index in [-0.39, 0.29) is 29.3 Å². The summed E-state index contributed by atoms with van der Waals surface area (Å²) in [6.07, 6.45) is 3.28. The largest absolute Gasteiger partial charge is 0.478 e. The first-order valence-electron chi connectivity index (χ1n) is 9.65. The summed E-state index contributed by atoms with van der Waals surface area (Å²) in [4.78, 5) is 36.0. The summed E-state index contributed by atoms with van der Waals surface area (Å²) in [7, 11) is 1.82. The smallest absolute Gasteiger partial charge is 0.336 e. The average Bonchev–Trinajstić information content (AvgIpc) is 3.11. The van der Waals surface area contributed by atoms with Crippen LogP contribution in [0, 0.1) is 5.82 Å². The van der Waals surface area contributed by atoms with Gasteiger partial charge in [0.1, 0.15) is 17.2 Å². The van der Waals surface area contributed by atoms with Crippen molar-refractivity contribution in [2.45, 2.75) is 5.92 Å². The minimum absolute atomic E-state index is 0.0697. The highest BCUT2D eigenvalue weighted by molar-refractivity contribution is 6.14. The molecule has 0 saturated carbocycles. The van der Waals surface area contributed by atoms with Crippen molar-refractivity contribution in [3.63, 3.8) is 0 Å². The van der Waals surface area contributed by atoms with Crippen molar-refractivity contribution in [2.75, 3.05) is 11.4 Å². The molecule has 154 valence electrons. The molecule has 31 heavy (non-hydrogen) atoms. The molecular formula is C23H17FN4O3. The lowest BCUT2D eigenvalue weighted by Gasteiger charge is -2.35. The van der Waals surface area contributed by atoms with E-state index in [1.54, 1.807) is 36.7 Å². The number of carboxylic acid groups (broad SMARTS) is 1. The van der Waals surface area contributed by atoms with Gasteiger partial charge in [-0.3, -0.25) is 9.78 Å². The minimum atomic E-state index is -1.18. The van der Waals surface area contributed by atoms with Crippen LogP contribution in [0.2, 0.25) is 0 Å². The number of hydrogen-bond donors (Lipinski definition) is 1. The first kappa shape index (κ1) is 18.9. The minimum Gasteiger partial charge on any atom is -0.478 e. The number of imidazole rings is 1. The summed E-state index contributed by atoms with van der Waals surface area (Å²) in [6, 6.07) is 12.4. The van der Waals surface area contributed by atoms with E-state index in [4.69, 9.17) is 0 Å². The van der Waals surface area contributed by atoms with Crippen LogP contribution in [0.4, 0.5) is 15.8 Å². The second kappa shape index (κ2) is 7.02. The summed E-state index contributed by atoms with van der Waals surface area (Å²) < 4.78 is 15.4. The number of benzene rings is 2. The molecule has 5 rings (SSSR count). The summed E-state index contributed by atoms with van der Waals surface area (Å²) in [6.45, 7) is 0.241. The van der Waals surface area contributed by atoms with Crippen LogP contribution in [-0.2, 0) is 7.05 Å². The zero-order valence-corrected chi connectivity index (χ0v) is 16.5. The number of fused-ring (bicyclic) bond motifs is 2. The number of aromatic carboxylic acids is 1. The van der Waals surface area contributed by atoms with Gasteiger partial charge in [0, 0.05) is 25.5 Å². The lowest BCUT2D eigenvalue weighted by atomic mass is 9.87. The lowest BCUT2D eigenvalue weighted by Crippen LogP contribution is -2.37. The van der Waals surface area contributed by atoms with E-state index in [2.05, 4.69) is 9.97 Å². The maximum Gasteiger partial charge on any atom is 0.336 e. The van der Waals surface area contributed by atoms with Crippen LogP contribution in [0.5, 0.6) is 0 Å². The second-order valence-electron chi connectivity index (χ2n) is 7.40. The molecule has 8 heteroatoms. The molecule has 3 heterocycles. The maximum atomic E-state index is 13.6. The van der Waals surface area contributed by atoms with Gasteiger partial charge < -0.3 is 14.6 Å². The molecule has 1 aliphatic rings. The van der Waals surface area contributed by atoms with E-state index >= 15 is 0 Å². The molecule has 1 aliphatic heterocycles. The topological polar surface area (TPSA) is 88.3 Å². The Bertz CT molecular complexity index is 1350. The molecule has 0 amide bonds. The Labute approximate surface area is 176 Å². The van der Waals surface area contributed by atoms with Crippen molar-refractivity contribution in [3.8, 4) is 0 Å². The van der Waals surface area contributed by atoms with Gasteiger partial charge in [-0.15, -0.1) is 0 Å². The molecule has 2 aromatic heterocycles. The number of aromatic nitrogens is 3. The maximum absolute atomic E-state index is 13.6. The Morgan fingerprint density at radius 3 is 2.65 bits per heavy atom. The third-order valence-corrected chi connectivity index (χ3v) is 5.66. The molecule has 0 aliphatic carbocycles. The fraction of sp³-hybridized carbons (Fsp3) is 0.130. The van der Waals surface area contributed by atoms with Crippen LogP contribution in [0.15, 0.2) is 60.9 Å². The Kier molecular flexibility index (Phi) is 4.28. The number of hydrogen-bond acceptors (Lipinski definition) is 5. The lowest BCUT2D eigenvalue weighted by molar-refractivity contribution is 0.0691. The number of carbonyl (C=O) groups excluding carboxylic acids is 1. The number of aryl methyl sites for hydroxylation is 1. The summed E-state index contributed by atoms with van der Waals surface area (Å²) in [5, 5.41) is 9.73. The van der Waals surface area contributed by atoms with E-state index in [0.29, 0.717) is 22.7 Å². The first-order valence-corrected chi connectivity index (χ1v) is 9.65.